The van der Waals surface area contributed by atoms with Crippen LogP contribution in [-0.4, -0.2) is 55.4 Å². The molecule has 1 saturated carbocycles. The number of amides is 1. The fourth-order valence-corrected chi connectivity index (χ4v) is 5.59. The molecule has 2 aliphatic rings. The zero-order chi connectivity index (χ0) is 20.1. The van der Waals surface area contributed by atoms with Crippen LogP contribution in [0.2, 0.25) is 0 Å². The molecule has 8 heteroatoms. The van der Waals surface area contributed by atoms with Crippen LogP contribution in [0.5, 0.6) is 0 Å². The molecule has 2 fully saturated rings. The Labute approximate surface area is 164 Å². The van der Waals surface area contributed by atoms with E-state index < -0.39 is 22.4 Å². The summed E-state index contributed by atoms with van der Waals surface area (Å²) in [6.07, 6.45) is 6.80. The maximum atomic E-state index is 12.9. The Morgan fingerprint density at radius 2 is 1.79 bits per heavy atom. The second kappa shape index (κ2) is 8.86. The number of sulfone groups is 1. The summed E-state index contributed by atoms with van der Waals surface area (Å²) in [6.45, 7) is -0.417. The molecule has 0 spiro atoms. The van der Waals surface area contributed by atoms with Crippen molar-refractivity contribution in [2.75, 3.05) is 18.1 Å². The van der Waals surface area contributed by atoms with Gasteiger partial charge in [0, 0.05) is 18.2 Å². The highest BCUT2D eigenvalue weighted by Gasteiger charge is 2.39. The fraction of sp³-hybridized carbons (Fsp3) is 0.500. The first kappa shape index (κ1) is 20.5. The molecular formula is C20H24FNO5S. The van der Waals surface area contributed by atoms with Crippen LogP contribution in [0.25, 0.3) is 6.08 Å². The van der Waals surface area contributed by atoms with E-state index in [1.165, 1.54) is 36.4 Å². The van der Waals surface area contributed by atoms with Gasteiger partial charge in [-0.05, 0) is 43.0 Å². The number of rotatable bonds is 6. The summed E-state index contributed by atoms with van der Waals surface area (Å²) >= 11 is 0. The first-order chi connectivity index (χ1) is 13.3. The number of benzene rings is 1. The lowest BCUT2D eigenvalue weighted by molar-refractivity contribution is -0.150. The standard InChI is InChI=1S/C20H24FNO5S/c21-16-8-5-15(6-9-16)7-10-20(24)27-13-19(23)22(17-3-1-2-4-17)18-11-12-28(25,26)14-18/h5-10,17-18H,1-4,11-14H2/b10-7+/t18-/m1/s1. The smallest absolute Gasteiger partial charge is 0.331 e. The number of esters is 1. The van der Waals surface area contributed by atoms with Crippen LogP contribution in [0.15, 0.2) is 30.3 Å². The Balaban J connectivity index is 1.58. The quantitative estimate of drug-likeness (QED) is 0.532. The highest BCUT2D eigenvalue weighted by Crippen LogP contribution is 2.29. The SMILES string of the molecule is O=C(/C=C/c1ccc(F)cc1)OCC(=O)N(C1CCCC1)[C@@H]1CCS(=O)(=O)C1. The molecular weight excluding hydrogens is 385 g/mol. The molecule has 1 aromatic carbocycles. The average Bonchev–Trinajstić information content (AvgIpc) is 3.30. The Hall–Kier alpha value is -2.22. The second-order valence-electron chi connectivity index (χ2n) is 7.29. The van der Waals surface area contributed by atoms with Crippen molar-refractivity contribution in [3.63, 3.8) is 0 Å². The lowest BCUT2D eigenvalue weighted by Gasteiger charge is -2.33. The third-order valence-electron chi connectivity index (χ3n) is 5.23. The maximum absolute atomic E-state index is 12.9. The van der Waals surface area contributed by atoms with Crippen molar-refractivity contribution >= 4 is 27.8 Å². The molecule has 1 aliphatic heterocycles. The number of halogens is 1. The van der Waals surface area contributed by atoms with E-state index in [1.54, 1.807) is 4.90 Å². The zero-order valence-electron chi connectivity index (χ0n) is 15.6. The van der Waals surface area contributed by atoms with Gasteiger partial charge in [-0.1, -0.05) is 25.0 Å². The van der Waals surface area contributed by atoms with Gasteiger partial charge in [0.15, 0.2) is 16.4 Å². The predicted molar refractivity (Wildman–Crippen MR) is 103 cm³/mol. The van der Waals surface area contributed by atoms with Crippen molar-refractivity contribution in [3.8, 4) is 0 Å². The maximum Gasteiger partial charge on any atom is 0.331 e. The average molecular weight is 409 g/mol. The summed E-state index contributed by atoms with van der Waals surface area (Å²) in [4.78, 5) is 26.3. The first-order valence-corrected chi connectivity index (χ1v) is 11.3. The first-order valence-electron chi connectivity index (χ1n) is 9.46. The molecule has 3 rings (SSSR count). The molecule has 0 unspecified atom stereocenters. The molecule has 152 valence electrons. The van der Waals surface area contributed by atoms with Crippen molar-refractivity contribution in [3.05, 3.63) is 41.7 Å². The molecule has 1 atom stereocenters. The van der Waals surface area contributed by atoms with Gasteiger partial charge in [-0.3, -0.25) is 4.79 Å². The molecule has 1 heterocycles. The van der Waals surface area contributed by atoms with Crippen LogP contribution < -0.4 is 0 Å². The van der Waals surface area contributed by atoms with Crippen molar-refractivity contribution in [1.29, 1.82) is 0 Å². The van der Waals surface area contributed by atoms with Crippen LogP contribution in [0.1, 0.15) is 37.7 Å². The van der Waals surface area contributed by atoms with E-state index >= 15 is 0 Å². The summed E-state index contributed by atoms with van der Waals surface area (Å²) < 4.78 is 41.6. The lowest BCUT2D eigenvalue weighted by atomic mass is 10.1. The molecule has 0 radical (unpaired) electrons. The van der Waals surface area contributed by atoms with E-state index in [-0.39, 0.29) is 35.3 Å². The van der Waals surface area contributed by atoms with Gasteiger partial charge < -0.3 is 9.64 Å². The van der Waals surface area contributed by atoms with E-state index in [9.17, 15) is 22.4 Å². The van der Waals surface area contributed by atoms with E-state index in [2.05, 4.69) is 0 Å². The van der Waals surface area contributed by atoms with Crippen LogP contribution in [0, 0.1) is 5.82 Å². The largest absolute Gasteiger partial charge is 0.452 e. The number of ether oxygens (including phenoxy) is 1. The highest BCUT2D eigenvalue weighted by molar-refractivity contribution is 7.91. The van der Waals surface area contributed by atoms with Gasteiger partial charge in [0.25, 0.3) is 5.91 Å². The highest BCUT2D eigenvalue weighted by atomic mass is 32.2. The van der Waals surface area contributed by atoms with Crippen molar-refractivity contribution < 1.29 is 27.1 Å². The van der Waals surface area contributed by atoms with Crippen molar-refractivity contribution in [1.82, 2.24) is 4.90 Å². The Morgan fingerprint density at radius 3 is 2.39 bits per heavy atom. The summed E-state index contributed by atoms with van der Waals surface area (Å²) in [5.74, 6) is -1.32. The van der Waals surface area contributed by atoms with E-state index in [0.29, 0.717) is 12.0 Å². The number of carbonyl (C=O) groups is 2. The zero-order valence-corrected chi connectivity index (χ0v) is 16.4. The fourth-order valence-electron chi connectivity index (χ4n) is 3.88. The van der Waals surface area contributed by atoms with Crippen LogP contribution in [0.4, 0.5) is 4.39 Å². The third kappa shape index (κ3) is 5.41. The topological polar surface area (TPSA) is 80.8 Å². The van der Waals surface area contributed by atoms with Gasteiger partial charge in [-0.15, -0.1) is 0 Å². The predicted octanol–water partition coefficient (Wildman–Crippen LogP) is 2.34. The molecule has 28 heavy (non-hydrogen) atoms. The molecule has 0 aromatic heterocycles. The minimum atomic E-state index is -3.12. The van der Waals surface area contributed by atoms with Gasteiger partial charge in [-0.25, -0.2) is 17.6 Å². The molecule has 0 N–H and O–H groups in total. The van der Waals surface area contributed by atoms with Crippen LogP contribution >= 0.6 is 0 Å². The van der Waals surface area contributed by atoms with Crippen molar-refractivity contribution in [2.24, 2.45) is 0 Å². The Morgan fingerprint density at radius 1 is 1.11 bits per heavy atom. The van der Waals surface area contributed by atoms with Gasteiger partial charge >= 0.3 is 5.97 Å². The van der Waals surface area contributed by atoms with Crippen molar-refractivity contribution in [2.45, 2.75) is 44.2 Å². The van der Waals surface area contributed by atoms with Gasteiger partial charge in [0.2, 0.25) is 0 Å². The van der Waals surface area contributed by atoms with Gasteiger partial charge in [0.05, 0.1) is 11.5 Å². The number of carbonyl (C=O) groups excluding carboxylic acids is 2. The van der Waals surface area contributed by atoms with E-state index in [1.807, 2.05) is 0 Å². The minimum Gasteiger partial charge on any atom is -0.452 e. The van der Waals surface area contributed by atoms with Gasteiger partial charge in [-0.2, -0.15) is 0 Å². The normalized spacial score (nSPS) is 21.8. The number of hydrogen-bond acceptors (Lipinski definition) is 5. The number of hydrogen-bond donors (Lipinski definition) is 0. The van der Waals surface area contributed by atoms with Crippen LogP contribution in [-0.2, 0) is 24.2 Å². The Bertz CT molecular complexity index is 844. The molecule has 1 aromatic rings. The van der Waals surface area contributed by atoms with Crippen LogP contribution in [0.3, 0.4) is 0 Å². The summed E-state index contributed by atoms with van der Waals surface area (Å²) in [5, 5.41) is 0. The minimum absolute atomic E-state index is 0.0132. The third-order valence-corrected chi connectivity index (χ3v) is 6.98. The Kier molecular flexibility index (Phi) is 6.49. The summed E-state index contributed by atoms with van der Waals surface area (Å²) in [6, 6.07) is 5.28. The monoisotopic (exact) mass is 409 g/mol. The van der Waals surface area contributed by atoms with E-state index in [0.717, 1.165) is 25.7 Å². The number of nitrogens with zero attached hydrogens (tertiary/aromatic N) is 1. The second-order valence-corrected chi connectivity index (χ2v) is 9.52. The molecule has 1 amide bonds. The lowest BCUT2D eigenvalue weighted by Crippen LogP contribution is -2.48. The molecule has 1 saturated heterocycles. The van der Waals surface area contributed by atoms with Gasteiger partial charge in [0.1, 0.15) is 5.82 Å². The molecule has 0 bridgehead atoms. The summed E-state index contributed by atoms with van der Waals surface area (Å²) in [7, 11) is -3.12. The summed E-state index contributed by atoms with van der Waals surface area (Å²) in [5.41, 5.74) is 0.633. The molecule has 6 nitrogen and oxygen atoms in total. The molecule has 1 aliphatic carbocycles. The van der Waals surface area contributed by atoms with E-state index in [4.69, 9.17) is 4.74 Å².